The standard InChI is InChI=1S/C27H47N5O2/c1-19(2)15-23-26(33)32(14-10-28-23)24(16-20(3)4)27(34)30-11-7-22(8-12-30)17-25-29-9-13-31(25)18-21(5)6/h9,13,19-24,28H,7-8,10-12,14-18H2,1-6H3/t23-,24-/m0/s1. The summed E-state index contributed by atoms with van der Waals surface area (Å²) < 4.78 is 2.28. The second kappa shape index (κ2) is 12.2. The molecule has 2 amide bonds. The molecule has 7 nitrogen and oxygen atoms in total. The summed E-state index contributed by atoms with van der Waals surface area (Å²) in [6, 6.07) is -0.512. The molecule has 0 aromatic carbocycles. The van der Waals surface area contributed by atoms with Gasteiger partial charge in [0.15, 0.2) is 0 Å². The first kappa shape index (κ1) is 26.7. The van der Waals surface area contributed by atoms with Crippen LogP contribution < -0.4 is 5.32 Å². The van der Waals surface area contributed by atoms with Gasteiger partial charge in [0.2, 0.25) is 11.8 Å². The number of likely N-dealkylation sites (tertiary alicyclic amines) is 1. The van der Waals surface area contributed by atoms with Gasteiger partial charge >= 0.3 is 0 Å². The molecule has 0 radical (unpaired) electrons. The lowest BCUT2D eigenvalue weighted by atomic mass is 9.91. The van der Waals surface area contributed by atoms with Gasteiger partial charge in [-0.05, 0) is 49.4 Å². The third kappa shape index (κ3) is 7.06. The molecular formula is C27H47N5O2. The highest BCUT2D eigenvalue weighted by molar-refractivity contribution is 5.90. The molecule has 192 valence electrons. The Morgan fingerprint density at radius 2 is 1.76 bits per heavy atom. The van der Waals surface area contributed by atoms with Crippen LogP contribution in [0.15, 0.2) is 12.4 Å². The first-order chi connectivity index (χ1) is 16.2. The third-order valence-corrected chi connectivity index (χ3v) is 7.15. The molecular weight excluding hydrogens is 426 g/mol. The summed E-state index contributed by atoms with van der Waals surface area (Å²) in [5.74, 6) is 3.36. The van der Waals surface area contributed by atoms with E-state index in [1.54, 1.807) is 0 Å². The highest BCUT2D eigenvalue weighted by atomic mass is 16.2. The van der Waals surface area contributed by atoms with Gasteiger partial charge in [-0.1, -0.05) is 41.5 Å². The first-order valence-corrected chi connectivity index (χ1v) is 13.5. The minimum absolute atomic E-state index is 0.103. The molecule has 34 heavy (non-hydrogen) atoms. The molecule has 0 unspecified atom stereocenters. The number of carbonyl (C=O) groups is 2. The van der Waals surface area contributed by atoms with Gasteiger partial charge in [-0.15, -0.1) is 0 Å². The van der Waals surface area contributed by atoms with Crippen molar-refractivity contribution in [3.8, 4) is 0 Å². The minimum Gasteiger partial charge on any atom is -0.341 e. The van der Waals surface area contributed by atoms with Gasteiger partial charge in [0, 0.05) is 51.5 Å². The smallest absolute Gasteiger partial charge is 0.245 e. The van der Waals surface area contributed by atoms with E-state index in [0.29, 0.717) is 30.2 Å². The van der Waals surface area contributed by atoms with Crippen molar-refractivity contribution < 1.29 is 9.59 Å². The lowest BCUT2D eigenvalue weighted by molar-refractivity contribution is -0.150. The molecule has 2 aliphatic heterocycles. The summed E-state index contributed by atoms with van der Waals surface area (Å²) in [4.78, 5) is 35.5. The quantitative estimate of drug-likeness (QED) is 0.564. The zero-order valence-electron chi connectivity index (χ0n) is 22.3. The number of imidazole rings is 1. The van der Waals surface area contributed by atoms with E-state index in [1.165, 1.54) is 5.82 Å². The van der Waals surface area contributed by atoms with Gasteiger partial charge in [-0.2, -0.15) is 0 Å². The summed E-state index contributed by atoms with van der Waals surface area (Å²) in [5.41, 5.74) is 0. The topological polar surface area (TPSA) is 70.5 Å². The van der Waals surface area contributed by atoms with Crippen LogP contribution in [0.5, 0.6) is 0 Å². The molecule has 1 aromatic heterocycles. The zero-order valence-corrected chi connectivity index (χ0v) is 22.3. The largest absolute Gasteiger partial charge is 0.341 e. The summed E-state index contributed by atoms with van der Waals surface area (Å²) in [7, 11) is 0. The highest BCUT2D eigenvalue weighted by Gasteiger charge is 2.39. The van der Waals surface area contributed by atoms with Crippen LogP contribution in [0.4, 0.5) is 0 Å². The van der Waals surface area contributed by atoms with E-state index in [2.05, 4.69) is 62.6 Å². The molecule has 2 aliphatic rings. The maximum atomic E-state index is 13.7. The van der Waals surface area contributed by atoms with Crippen LogP contribution in [-0.2, 0) is 22.6 Å². The van der Waals surface area contributed by atoms with Crippen LogP contribution in [0.25, 0.3) is 0 Å². The number of hydrogen-bond acceptors (Lipinski definition) is 4. The van der Waals surface area contributed by atoms with Crippen molar-refractivity contribution in [3.05, 3.63) is 18.2 Å². The van der Waals surface area contributed by atoms with Crippen molar-refractivity contribution in [2.24, 2.45) is 23.7 Å². The SMILES string of the molecule is CC(C)C[C@@H]1NCCN([C@@H](CC(C)C)C(=O)N2CCC(Cc3nccn3CC(C)C)CC2)C1=O. The fourth-order valence-corrected chi connectivity index (χ4v) is 5.45. The van der Waals surface area contributed by atoms with Crippen molar-refractivity contribution in [1.82, 2.24) is 24.7 Å². The molecule has 3 heterocycles. The predicted molar refractivity (Wildman–Crippen MR) is 136 cm³/mol. The van der Waals surface area contributed by atoms with Crippen molar-refractivity contribution in [1.29, 1.82) is 0 Å². The Kier molecular flexibility index (Phi) is 9.57. The predicted octanol–water partition coefficient (Wildman–Crippen LogP) is 3.58. The van der Waals surface area contributed by atoms with E-state index in [-0.39, 0.29) is 23.9 Å². The summed E-state index contributed by atoms with van der Waals surface area (Å²) in [5, 5.41) is 3.38. The average Bonchev–Trinajstić information content (AvgIpc) is 3.19. The molecule has 0 bridgehead atoms. The zero-order chi connectivity index (χ0) is 24.8. The van der Waals surface area contributed by atoms with Crippen molar-refractivity contribution in [2.75, 3.05) is 26.2 Å². The molecule has 2 atom stereocenters. The highest BCUT2D eigenvalue weighted by Crippen LogP contribution is 2.25. The summed E-state index contributed by atoms with van der Waals surface area (Å²) in [6.45, 7) is 17.0. The summed E-state index contributed by atoms with van der Waals surface area (Å²) >= 11 is 0. The number of amides is 2. The number of aromatic nitrogens is 2. The second-order valence-electron chi connectivity index (χ2n) is 11.7. The number of piperidine rings is 1. The average molecular weight is 474 g/mol. The Labute approximate surface area is 206 Å². The molecule has 0 saturated carbocycles. The van der Waals surface area contributed by atoms with Crippen molar-refractivity contribution >= 4 is 11.8 Å². The lowest BCUT2D eigenvalue weighted by Crippen LogP contribution is -2.62. The van der Waals surface area contributed by atoms with Gasteiger partial charge in [0.1, 0.15) is 11.9 Å². The van der Waals surface area contributed by atoms with Crippen molar-refractivity contribution in [3.63, 3.8) is 0 Å². The molecule has 1 aromatic rings. The van der Waals surface area contributed by atoms with Crippen LogP contribution in [-0.4, -0.2) is 69.4 Å². The Morgan fingerprint density at radius 3 is 2.38 bits per heavy atom. The Balaban J connectivity index is 1.61. The Hall–Kier alpha value is -1.89. The van der Waals surface area contributed by atoms with E-state index >= 15 is 0 Å². The van der Waals surface area contributed by atoms with E-state index in [9.17, 15) is 9.59 Å². The normalized spacial score (nSPS) is 21.2. The molecule has 2 fully saturated rings. The molecule has 7 heteroatoms. The minimum atomic E-state index is -0.342. The van der Waals surface area contributed by atoms with E-state index in [0.717, 1.165) is 58.3 Å². The van der Waals surface area contributed by atoms with Crippen LogP contribution in [0, 0.1) is 23.7 Å². The molecule has 2 saturated heterocycles. The first-order valence-electron chi connectivity index (χ1n) is 13.5. The maximum Gasteiger partial charge on any atom is 0.245 e. The van der Waals surface area contributed by atoms with E-state index in [1.807, 2.05) is 16.0 Å². The van der Waals surface area contributed by atoms with Gasteiger partial charge < -0.3 is 19.7 Å². The van der Waals surface area contributed by atoms with Gasteiger partial charge in [-0.3, -0.25) is 9.59 Å². The van der Waals surface area contributed by atoms with Gasteiger partial charge in [0.05, 0.1) is 6.04 Å². The van der Waals surface area contributed by atoms with Crippen LogP contribution in [0.2, 0.25) is 0 Å². The number of carbonyl (C=O) groups excluding carboxylic acids is 2. The molecule has 0 spiro atoms. The molecule has 3 rings (SSSR count). The number of nitrogens with one attached hydrogen (secondary N) is 1. The van der Waals surface area contributed by atoms with Crippen LogP contribution >= 0.6 is 0 Å². The van der Waals surface area contributed by atoms with Crippen molar-refractivity contribution in [2.45, 2.75) is 92.3 Å². The summed E-state index contributed by atoms with van der Waals surface area (Å²) in [6.07, 6.45) is 8.51. The monoisotopic (exact) mass is 473 g/mol. The molecule has 0 aliphatic carbocycles. The number of hydrogen-bond donors (Lipinski definition) is 1. The Bertz CT molecular complexity index is 795. The maximum absolute atomic E-state index is 13.7. The second-order valence-corrected chi connectivity index (χ2v) is 11.7. The molecule has 1 N–H and O–H groups in total. The van der Waals surface area contributed by atoms with Crippen LogP contribution in [0.3, 0.4) is 0 Å². The van der Waals surface area contributed by atoms with E-state index < -0.39 is 0 Å². The number of nitrogens with zero attached hydrogens (tertiary/aromatic N) is 4. The third-order valence-electron chi connectivity index (χ3n) is 7.15. The number of piperazine rings is 1. The van der Waals surface area contributed by atoms with Crippen LogP contribution in [0.1, 0.15) is 73.1 Å². The van der Waals surface area contributed by atoms with Gasteiger partial charge in [-0.25, -0.2) is 4.98 Å². The van der Waals surface area contributed by atoms with Gasteiger partial charge in [0.25, 0.3) is 0 Å². The fraction of sp³-hybridized carbons (Fsp3) is 0.815. The lowest BCUT2D eigenvalue weighted by Gasteiger charge is -2.42. The Morgan fingerprint density at radius 1 is 1.06 bits per heavy atom. The van der Waals surface area contributed by atoms with E-state index in [4.69, 9.17) is 0 Å². The fourth-order valence-electron chi connectivity index (χ4n) is 5.45. The number of rotatable bonds is 10.